The highest BCUT2D eigenvalue weighted by Gasteiger charge is 2.22. The Morgan fingerprint density at radius 3 is 2.06 bits per heavy atom. The molecule has 0 atom stereocenters. The van der Waals surface area contributed by atoms with E-state index in [2.05, 4.69) is 30.3 Å². The zero-order chi connectivity index (χ0) is 39.6. The monoisotopic (exact) mass is 694 g/mol. The molecule has 0 spiro atoms. The maximum absolute atomic E-state index is 9.72. The smallest absolute Gasteiger partial charge is 0.164 e. The Morgan fingerprint density at radius 2 is 1.20 bits per heavy atom. The molecular formula is C45H25N3OS2. The van der Waals surface area contributed by atoms with Crippen LogP contribution in [0.4, 0.5) is 0 Å². The number of hydrogen-bond acceptors (Lipinski definition) is 6. The summed E-state index contributed by atoms with van der Waals surface area (Å²) in [5.41, 5.74) is 3.32. The molecule has 0 unspecified atom stereocenters. The number of furan rings is 1. The van der Waals surface area contributed by atoms with Crippen LogP contribution in [0.5, 0.6) is 0 Å². The van der Waals surface area contributed by atoms with E-state index in [1.165, 1.54) is 0 Å². The molecule has 11 rings (SSSR count). The van der Waals surface area contributed by atoms with Crippen LogP contribution < -0.4 is 0 Å². The minimum absolute atomic E-state index is 0.0583. The van der Waals surface area contributed by atoms with Crippen LogP contribution in [0.15, 0.2) is 156 Å². The van der Waals surface area contributed by atoms with Gasteiger partial charge < -0.3 is 4.42 Å². The van der Waals surface area contributed by atoms with Gasteiger partial charge in [0.05, 0.1) is 9.60 Å². The maximum atomic E-state index is 9.72. The van der Waals surface area contributed by atoms with Gasteiger partial charge in [0.15, 0.2) is 17.5 Å². The van der Waals surface area contributed by atoms with Gasteiger partial charge in [0.25, 0.3) is 0 Å². The minimum atomic E-state index is -0.529. The second-order valence-corrected chi connectivity index (χ2v) is 14.3. The van der Waals surface area contributed by atoms with E-state index in [0.29, 0.717) is 38.6 Å². The number of para-hydroxylation sites is 1. The van der Waals surface area contributed by atoms with Crippen LogP contribution in [0.3, 0.4) is 0 Å². The lowest BCUT2D eigenvalue weighted by Gasteiger charge is -2.11. The zero-order valence-corrected chi connectivity index (χ0v) is 28.1. The van der Waals surface area contributed by atoms with Crippen molar-refractivity contribution in [2.45, 2.75) is 0 Å². The SMILES string of the molecule is [2H]c1ccc2oc3c(-c4cccc5c4sc4ccccc45)cc([2H])c(-c4nc(-c5ccc6c(c5)sc5ccccc56)nc(-c5c([2H])c([2H])c([2H])c([2H])c5[2H])n4)c3c2c1. The molecule has 0 aliphatic heterocycles. The fourth-order valence-corrected chi connectivity index (χ4v) is 9.37. The standard InChI is InChI=1S/C45H25N3OS2/c1-2-11-26(12-3-1)43-46-44(27-21-22-30-28-13-5-8-19-37(28)50-39(30)25-27)48-45(47-43)35-24-23-31(41-40(35)34-15-4-7-18-36(34)49-41)33-17-10-16-32-29-14-6-9-20-38(29)51-42(32)33/h1-25H/i1D,2D,3D,4D,11D,12D,24D. The van der Waals surface area contributed by atoms with Crippen molar-refractivity contribution in [3.05, 3.63) is 151 Å². The Bertz CT molecular complexity index is 3550. The molecule has 0 N–H and O–H groups in total. The highest BCUT2D eigenvalue weighted by molar-refractivity contribution is 7.26. The van der Waals surface area contributed by atoms with Gasteiger partial charge in [0.1, 0.15) is 11.2 Å². The maximum Gasteiger partial charge on any atom is 0.164 e. The molecule has 4 nitrogen and oxygen atoms in total. The second kappa shape index (κ2) is 11.2. The lowest BCUT2D eigenvalue weighted by molar-refractivity contribution is 0.670. The number of hydrogen-bond donors (Lipinski definition) is 0. The summed E-state index contributed by atoms with van der Waals surface area (Å²) in [4.78, 5) is 14.6. The van der Waals surface area contributed by atoms with Crippen molar-refractivity contribution in [1.29, 1.82) is 0 Å². The van der Waals surface area contributed by atoms with Gasteiger partial charge in [-0.2, -0.15) is 0 Å². The molecule has 0 saturated heterocycles. The van der Waals surface area contributed by atoms with Crippen molar-refractivity contribution >= 4 is 85.0 Å². The van der Waals surface area contributed by atoms with Gasteiger partial charge in [-0.25, -0.2) is 15.0 Å². The Labute approximate surface area is 309 Å². The molecular weight excluding hydrogens is 663 g/mol. The van der Waals surface area contributed by atoms with Gasteiger partial charge in [0.2, 0.25) is 0 Å². The molecule has 0 amide bonds. The van der Waals surface area contributed by atoms with E-state index in [0.717, 1.165) is 45.9 Å². The summed E-state index contributed by atoms with van der Waals surface area (Å²) in [6, 6.07) is 33.1. The Kier molecular flexibility index (Phi) is 4.92. The van der Waals surface area contributed by atoms with E-state index in [-0.39, 0.29) is 35.1 Å². The first-order valence-corrected chi connectivity index (χ1v) is 17.9. The van der Waals surface area contributed by atoms with Gasteiger partial charge in [-0.3, -0.25) is 0 Å². The van der Waals surface area contributed by atoms with Crippen LogP contribution in [0, 0.1) is 0 Å². The first kappa shape index (κ1) is 22.5. The van der Waals surface area contributed by atoms with Crippen molar-refractivity contribution in [1.82, 2.24) is 15.0 Å². The fourth-order valence-electron chi connectivity index (χ4n) is 6.99. The average Bonchev–Trinajstić information content (AvgIpc) is 3.93. The number of fused-ring (bicyclic) bond motifs is 9. The number of nitrogens with zero attached hydrogens (tertiary/aromatic N) is 3. The van der Waals surface area contributed by atoms with Gasteiger partial charge >= 0.3 is 0 Å². The molecule has 7 aromatic carbocycles. The average molecular weight is 695 g/mol. The first-order chi connectivity index (χ1) is 28.1. The molecule has 0 bridgehead atoms. The van der Waals surface area contributed by atoms with Crippen LogP contribution >= 0.6 is 22.7 Å². The van der Waals surface area contributed by atoms with E-state index in [4.69, 9.17) is 27.6 Å². The highest BCUT2D eigenvalue weighted by Crippen LogP contribution is 2.46. The summed E-state index contributed by atoms with van der Waals surface area (Å²) in [6.45, 7) is 0. The van der Waals surface area contributed by atoms with Crippen LogP contribution in [-0.2, 0) is 0 Å². The van der Waals surface area contributed by atoms with Crippen molar-refractivity contribution in [3.63, 3.8) is 0 Å². The van der Waals surface area contributed by atoms with Crippen molar-refractivity contribution in [3.8, 4) is 45.3 Å². The summed E-state index contributed by atoms with van der Waals surface area (Å²) < 4.78 is 72.2. The van der Waals surface area contributed by atoms with Crippen LogP contribution in [-0.4, -0.2) is 15.0 Å². The molecule has 238 valence electrons. The number of rotatable bonds is 4. The Hall–Kier alpha value is -6.21. The molecule has 4 heterocycles. The summed E-state index contributed by atoms with van der Waals surface area (Å²) in [6.07, 6.45) is 0. The highest BCUT2D eigenvalue weighted by atomic mass is 32.1. The molecule has 0 saturated carbocycles. The third kappa shape index (κ3) is 4.47. The minimum Gasteiger partial charge on any atom is -0.455 e. The van der Waals surface area contributed by atoms with Crippen molar-refractivity contribution in [2.24, 2.45) is 0 Å². The Morgan fingerprint density at radius 1 is 0.471 bits per heavy atom. The van der Waals surface area contributed by atoms with E-state index in [1.807, 2.05) is 54.6 Å². The molecule has 0 aliphatic rings. The number of aromatic nitrogens is 3. The number of thiophene rings is 2. The largest absolute Gasteiger partial charge is 0.455 e. The fraction of sp³-hybridized carbons (Fsp3) is 0. The third-order valence-electron chi connectivity index (χ3n) is 9.30. The zero-order valence-electron chi connectivity index (χ0n) is 33.5. The number of benzene rings is 7. The van der Waals surface area contributed by atoms with E-state index in [9.17, 15) is 1.37 Å². The third-order valence-corrected chi connectivity index (χ3v) is 11.7. The predicted octanol–water partition coefficient (Wildman–Crippen LogP) is 13.2. The summed E-state index contributed by atoms with van der Waals surface area (Å²) >= 11 is 3.30. The molecule has 0 aliphatic carbocycles. The molecule has 6 heteroatoms. The van der Waals surface area contributed by atoms with Crippen LogP contribution in [0.2, 0.25) is 0 Å². The predicted molar refractivity (Wildman–Crippen MR) is 215 cm³/mol. The van der Waals surface area contributed by atoms with Gasteiger partial charge in [0, 0.05) is 78.9 Å². The lowest BCUT2D eigenvalue weighted by Crippen LogP contribution is -2.00. The van der Waals surface area contributed by atoms with E-state index < -0.39 is 30.2 Å². The topological polar surface area (TPSA) is 51.8 Å². The van der Waals surface area contributed by atoms with Crippen LogP contribution in [0.1, 0.15) is 9.60 Å². The summed E-state index contributed by atoms with van der Waals surface area (Å²) in [5, 5.41) is 5.53. The Balaban J connectivity index is 1.23. The summed E-state index contributed by atoms with van der Waals surface area (Å²) in [5.74, 6) is 0.129. The molecule has 11 aromatic rings. The van der Waals surface area contributed by atoms with Crippen molar-refractivity contribution in [2.75, 3.05) is 0 Å². The molecule has 0 radical (unpaired) electrons. The van der Waals surface area contributed by atoms with Gasteiger partial charge in [-0.15, -0.1) is 22.7 Å². The van der Waals surface area contributed by atoms with Gasteiger partial charge in [-0.05, 0) is 36.4 Å². The van der Waals surface area contributed by atoms with E-state index in [1.54, 1.807) is 46.9 Å². The van der Waals surface area contributed by atoms with E-state index >= 15 is 0 Å². The lowest BCUT2D eigenvalue weighted by atomic mass is 9.97. The van der Waals surface area contributed by atoms with Crippen molar-refractivity contribution < 1.29 is 14.0 Å². The normalized spacial score (nSPS) is 13.8. The molecule has 4 aromatic heterocycles. The second-order valence-electron chi connectivity index (χ2n) is 12.2. The quantitative estimate of drug-likeness (QED) is 0.184. The first-order valence-electron chi connectivity index (χ1n) is 19.8. The van der Waals surface area contributed by atoms with Gasteiger partial charge in [-0.1, -0.05) is 115 Å². The summed E-state index contributed by atoms with van der Waals surface area (Å²) in [7, 11) is 0. The van der Waals surface area contributed by atoms with Crippen LogP contribution in [0.25, 0.3) is 108 Å². The molecule has 0 fully saturated rings. The molecule has 51 heavy (non-hydrogen) atoms.